The van der Waals surface area contributed by atoms with Gasteiger partial charge >= 0.3 is 6.18 Å². The number of nitrogens with one attached hydrogen (secondary N) is 1. The Bertz CT molecular complexity index is 651. The molecule has 1 aromatic carbocycles. The molecule has 0 aliphatic carbocycles. The Morgan fingerprint density at radius 3 is 2.71 bits per heavy atom. The normalized spacial score (nSPS) is 22.0. The van der Waals surface area contributed by atoms with Crippen LogP contribution in [0.3, 0.4) is 0 Å². The fraction of sp³-hybridized carbons (Fsp3) is 0.286. The van der Waals surface area contributed by atoms with Crippen LogP contribution in [0.2, 0.25) is 5.02 Å². The van der Waals surface area contributed by atoms with Gasteiger partial charge in [0, 0.05) is 22.3 Å². The molecule has 0 bridgehead atoms. The van der Waals surface area contributed by atoms with Gasteiger partial charge in [-0.25, -0.2) is 4.39 Å². The predicted molar refractivity (Wildman–Crippen MR) is 75.5 cm³/mol. The number of dihydropyridines is 1. The van der Waals surface area contributed by atoms with Crippen LogP contribution in [0.15, 0.2) is 40.6 Å². The molecule has 112 valence electrons. The first-order valence-corrected chi connectivity index (χ1v) is 7.59. The second kappa shape index (κ2) is 5.25. The third-order valence-corrected chi connectivity index (χ3v) is 4.93. The van der Waals surface area contributed by atoms with E-state index in [1.165, 1.54) is 30.0 Å². The Morgan fingerprint density at radius 1 is 1.29 bits per heavy atom. The highest BCUT2D eigenvalue weighted by molar-refractivity contribution is 8.03. The zero-order chi connectivity index (χ0) is 15.2. The van der Waals surface area contributed by atoms with Gasteiger partial charge in [0.05, 0.1) is 5.02 Å². The van der Waals surface area contributed by atoms with Crippen molar-refractivity contribution in [1.29, 1.82) is 0 Å². The number of halogens is 5. The minimum Gasteiger partial charge on any atom is -0.354 e. The van der Waals surface area contributed by atoms with Gasteiger partial charge in [0.25, 0.3) is 0 Å². The zero-order valence-corrected chi connectivity index (χ0v) is 12.2. The van der Waals surface area contributed by atoms with Gasteiger partial charge in [-0.3, -0.25) is 0 Å². The fourth-order valence-electron chi connectivity index (χ4n) is 2.44. The molecule has 0 aromatic heterocycles. The van der Waals surface area contributed by atoms with E-state index in [0.717, 1.165) is 16.7 Å². The molecule has 0 fully saturated rings. The van der Waals surface area contributed by atoms with Gasteiger partial charge in [-0.05, 0) is 30.2 Å². The molecule has 7 heteroatoms. The zero-order valence-electron chi connectivity index (χ0n) is 10.6. The maximum atomic E-state index is 13.2. The Balaban J connectivity index is 2.05. The summed E-state index contributed by atoms with van der Waals surface area (Å²) in [5.74, 6) is -0.381. The van der Waals surface area contributed by atoms with E-state index in [9.17, 15) is 17.6 Å². The van der Waals surface area contributed by atoms with Gasteiger partial charge in [-0.1, -0.05) is 17.7 Å². The smallest absolute Gasteiger partial charge is 0.354 e. The molecular weight excluding hydrogens is 326 g/mol. The highest BCUT2D eigenvalue weighted by Gasteiger charge is 2.39. The van der Waals surface area contributed by atoms with E-state index in [4.69, 9.17) is 11.6 Å². The van der Waals surface area contributed by atoms with Crippen LogP contribution in [0.25, 0.3) is 0 Å². The first-order chi connectivity index (χ1) is 9.86. The van der Waals surface area contributed by atoms with E-state index in [1.807, 2.05) is 0 Å². The van der Waals surface area contributed by atoms with E-state index in [2.05, 4.69) is 5.32 Å². The minimum absolute atomic E-state index is 0.0851. The summed E-state index contributed by atoms with van der Waals surface area (Å²) in [6.45, 7) is 0. The van der Waals surface area contributed by atoms with Gasteiger partial charge in [-0.15, -0.1) is 11.8 Å². The monoisotopic (exact) mass is 335 g/mol. The lowest BCUT2D eigenvalue weighted by molar-refractivity contribution is -0.0964. The van der Waals surface area contributed by atoms with E-state index < -0.39 is 23.6 Å². The number of thioether (sulfide) groups is 1. The number of rotatable bonds is 1. The van der Waals surface area contributed by atoms with Crippen LogP contribution in [0.5, 0.6) is 0 Å². The molecule has 0 saturated heterocycles. The molecule has 1 nitrogen and oxygen atoms in total. The van der Waals surface area contributed by atoms with E-state index in [0.29, 0.717) is 17.7 Å². The van der Waals surface area contributed by atoms with Crippen LogP contribution in [0.4, 0.5) is 17.6 Å². The number of hydrogen-bond donors (Lipinski definition) is 1. The number of benzene rings is 1. The lowest BCUT2D eigenvalue weighted by Gasteiger charge is -2.26. The van der Waals surface area contributed by atoms with Gasteiger partial charge in [0.15, 0.2) is 0 Å². The summed E-state index contributed by atoms with van der Waals surface area (Å²) in [5.41, 5.74) is 0.390. The second-order valence-electron chi connectivity index (χ2n) is 4.80. The number of allylic oxidation sites excluding steroid dienone is 4. The Labute approximate surface area is 128 Å². The Kier molecular flexibility index (Phi) is 3.69. The summed E-state index contributed by atoms with van der Waals surface area (Å²) in [6, 6.07) is 4.05. The van der Waals surface area contributed by atoms with Crippen molar-refractivity contribution in [3.8, 4) is 0 Å². The molecule has 1 aromatic rings. The predicted octanol–water partition coefficient (Wildman–Crippen LogP) is 4.96. The minimum atomic E-state index is -4.44. The third kappa shape index (κ3) is 2.79. The van der Waals surface area contributed by atoms with Crippen molar-refractivity contribution in [2.45, 2.75) is 18.5 Å². The van der Waals surface area contributed by atoms with E-state index >= 15 is 0 Å². The quantitative estimate of drug-likeness (QED) is 0.728. The summed E-state index contributed by atoms with van der Waals surface area (Å²) in [7, 11) is 0. The summed E-state index contributed by atoms with van der Waals surface area (Å²) in [6.07, 6.45) is -2.73. The number of hydrogen-bond acceptors (Lipinski definition) is 2. The van der Waals surface area contributed by atoms with Crippen molar-refractivity contribution in [2.24, 2.45) is 0 Å². The first kappa shape index (κ1) is 14.8. The maximum Gasteiger partial charge on any atom is 0.430 e. The highest BCUT2D eigenvalue weighted by atomic mass is 35.5. The molecule has 3 rings (SSSR count). The van der Waals surface area contributed by atoms with Crippen molar-refractivity contribution in [3.63, 3.8) is 0 Å². The first-order valence-electron chi connectivity index (χ1n) is 6.23. The van der Waals surface area contributed by atoms with Gasteiger partial charge in [0.2, 0.25) is 0 Å². The second-order valence-corrected chi connectivity index (χ2v) is 6.34. The summed E-state index contributed by atoms with van der Waals surface area (Å²) in [4.78, 5) is 0.852. The average Bonchev–Trinajstić information content (AvgIpc) is 2.88. The molecule has 0 amide bonds. The topological polar surface area (TPSA) is 12.0 Å². The van der Waals surface area contributed by atoms with Gasteiger partial charge in [0.1, 0.15) is 11.5 Å². The molecule has 0 saturated carbocycles. The van der Waals surface area contributed by atoms with Crippen LogP contribution < -0.4 is 5.32 Å². The molecule has 0 radical (unpaired) electrons. The van der Waals surface area contributed by atoms with E-state index in [1.54, 1.807) is 0 Å². The van der Waals surface area contributed by atoms with Gasteiger partial charge in [-0.2, -0.15) is 13.2 Å². The molecule has 1 N–H and O–H groups in total. The van der Waals surface area contributed by atoms with Crippen LogP contribution >= 0.6 is 23.4 Å². The van der Waals surface area contributed by atoms with Crippen LogP contribution in [-0.4, -0.2) is 11.9 Å². The van der Waals surface area contributed by atoms with Crippen molar-refractivity contribution in [3.05, 3.63) is 57.0 Å². The Hall–Kier alpha value is -1.14. The largest absolute Gasteiger partial charge is 0.430 e. The molecular formula is C14H10ClF4NS. The summed E-state index contributed by atoms with van der Waals surface area (Å²) in [5, 5.41) is 2.38. The van der Waals surface area contributed by atoms with Crippen molar-refractivity contribution < 1.29 is 17.6 Å². The highest BCUT2D eigenvalue weighted by Crippen LogP contribution is 2.46. The van der Waals surface area contributed by atoms with Crippen molar-refractivity contribution in [2.75, 3.05) is 5.75 Å². The van der Waals surface area contributed by atoms with Crippen LogP contribution in [-0.2, 0) is 0 Å². The molecule has 21 heavy (non-hydrogen) atoms. The maximum absolute atomic E-state index is 13.2. The van der Waals surface area contributed by atoms with Gasteiger partial charge < -0.3 is 5.32 Å². The van der Waals surface area contributed by atoms with Crippen molar-refractivity contribution >= 4 is 23.4 Å². The third-order valence-electron chi connectivity index (χ3n) is 3.42. The summed E-state index contributed by atoms with van der Waals surface area (Å²) < 4.78 is 52.2. The lowest BCUT2D eigenvalue weighted by atomic mass is 9.93. The molecule has 1 atom stereocenters. The summed E-state index contributed by atoms with van der Waals surface area (Å²) >= 11 is 7.27. The SMILES string of the molecule is Fc1ccc(C2C=C(C(F)(F)F)NC3=C2SCC3)cc1Cl. The molecule has 2 heterocycles. The molecule has 1 unspecified atom stereocenters. The lowest BCUT2D eigenvalue weighted by Crippen LogP contribution is -2.29. The van der Waals surface area contributed by atoms with Crippen LogP contribution in [0, 0.1) is 5.82 Å². The number of alkyl halides is 3. The van der Waals surface area contributed by atoms with Crippen LogP contribution in [0.1, 0.15) is 17.9 Å². The van der Waals surface area contributed by atoms with E-state index in [-0.39, 0.29) is 5.02 Å². The standard InChI is InChI=1S/C14H10ClF4NS/c15-9-5-7(1-2-10(9)16)8-6-12(14(17,18)19)20-11-3-4-21-13(8)11/h1-2,5-6,8,20H,3-4H2. The molecule has 2 aliphatic heterocycles. The fourth-order valence-corrected chi connectivity index (χ4v) is 3.87. The average molecular weight is 336 g/mol. The Morgan fingerprint density at radius 2 is 2.05 bits per heavy atom. The molecule has 2 aliphatic rings. The van der Waals surface area contributed by atoms with Crippen molar-refractivity contribution in [1.82, 2.24) is 5.32 Å². The molecule has 0 spiro atoms.